The van der Waals surface area contributed by atoms with Crippen molar-refractivity contribution in [1.29, 1.82) is 0 Å². The number of nitrogens with one attached hydrogen (secondary N) is 1. The molecule has 3 rings (SSSR count). The highest BCUT2D eigenvalue weighted by molar-refractivity contribution is 7.80. The third-order valence-corrected chi connectivity index (χ3v) is 5.22. The minimum absolute atomic E-state index is 0.125. The predicted molar refractivity (Wildman–Crippen MR) is 116 cm³/mol. The summed E-state index contributed by atoms with van der Waals surface area (Å²) < 4.78 is 16.2. The molecule has 0 aliphatic carbocycles. The molecule has 29 heavy (non-hydrogen) atoms. The van der Waals surface area contributed by atoms with Crippen LogP contribution in [0.3, 0.4) is 0 Å². The quantitative estimate of drug-likeness (QED) is 0.545. The van der Waals surface area contributed by atoms with Crippen LogP contribution in [0.25, 0.3) is 0 Å². The summed E-state index contributed by atoms with van der Waals surface area (Å²) in [7, 11) is 3.02. The molecule has 0 aromatic heterocycles. The highest BCUT2D eigenvalue weighted by atomic mass is 32.1. The zero-order valence-electron chi connectivity index (χ0n) is 16.7. The van der Waals surface area contributed by atoms with E-state index in [1.54, 1.807) is 19.2 Å². The predicted octanol–water partition coefficient (Wildman–Crippen LogP) is 3.86. The van der Waals surface area contributed by atoms with Crippen molar-refractivity contribution < 1.29 is 19.0 Å². The number of benzene rings is 2. The first-order valence-corrected chi connectivity index (χ1v) is 10.00. The topological polar surface area (TPSA) is 60.0 Å². The molecule has 1 fully saturated rings. The Bertz CT molecular complexity index is 852. The minimum atomic E-state index is -0.411. The van der Waals surface area contributed by atoms with Crippen LogP contribution < -0.4 is 10.1 Å². The SMILES string of the molecule is COC(=O)c1ccccc1NC(=S)N(Cc1ccccc1OC)C[C@@H]1CCCO1. The molecule has 1 N–H and O–H groups in total. The van der Waals surface area contributed by atoms with E-state index in [9.17, 15) is 4.79 Å². The lowest BCUT2D eigenvalue weighted by Gasteiger charge is -2.29. The van der Waals surface area contributed by atoms with E-state index in [1.165, 1.54) is 7.11 Å². The maximum atomic E-state index is 12.1. The summed E-state index contributed by atoms with van der Waals surface area (Å²) in [6.45, 7) is 2.00. The van der Waals surface area contributed by atoms with Crippen LogP contribution in [-0.4, -0.2) is 49.5 Å². The number of para-hydroxylation sites is 2. The number of esters is 1. The number of hydrogen-bond acceptors (Lipinski definition) is 5. The van der Waals surface area contributed by atoms with Gasteiger partial charge in [-0.15, -0.1) is 0 Å². The maximum absolute atomic E-state index is 12.1. The average molecular weight is 415 g/mol. The van der Waals surface area contributed by atoms with E-state index in [2.05, 4.69) is 10.2 Å². The number of hydrogen-bond donors (Lipinski definition) is 1. The van der Waals surface area contributed by atoms with Crippen LogP contribution in [0, 0.1) is 0 Å². The van der Waals surface area contributed by atoms with Crippen LogP contribution in [-0.2, 0) is 16.0 Å². The van der Waals surface area contributed by atoms with E-state index in [0.29, 0.717) is 29.5 Å². The first kappa shape index (κ1) is 21.1. The number of nitrogens with zero attached hydrogens (tertiary/aromatic N) is 1. The van der Waals surface area contributed by atoms with Gasteiger partial charge in [0, 0.05) is 25.3 Å². The second-order valence-corrected chi connectivity index (χ2v) is 7.18. The summed E-state index contributed by atoms with van der Waals surface area (Å²) >= 11 is 5.72. The van der Waals surface area contributed by atoms with Gasteiger partial charge in [0.15, 0.2) is 5.11 Å². The standard InChI is InChI=1S/C22H26N2O4S/c1-26-20-12-6-3-8-16(20)14-24(15-17-9-7-13-28-17)22(29)23-19-11-5-4-10-18(19)21(25)27-2/h3-6,8,10-12,17H,7,9,13-15H2,1-2H3,(H,23,29)/t17-/m0/s1. The summed E-state index contributed by atoms with van der Waals surface area (Å²) in [6.07, 6.45) is 2.18. The minimum Gasteiger partial charge on any atom is -0.496 e. The lowest BCUT2D eigenvalue weighted by atomic mass is 10.1. The van der Waals surface area contributed by atoms with Gasteiger partial charge in [-0.3, -0.25) is 0 Å². The van der Waals surface area contributed by atoms with Gasteiger partial charge < -0.3 is 24.4 Å². The molecule has 0 radical (unpaired) electrons. The molecular formula is C22H26N2O4S. The van der Waals surface area contributed by atoms with Gasteiger partial charge in [0.25, 0.3) is 0 Å². The number of thiocarbonyl (C=S) groups is 1. The lowest BCUT2D eigenvalue weighted by molar-refractivity contribution is 0.0602. The van der Waals surface area contributed by atoms with Crippen molar-refractivity contribution in [1.82, 2.24) is 4.90 Å². The van der Waals surface area contributed by atoms with Crippen molar-refractivity contribution in [2.45, 2.75) is 25.5 Å². The summed E-state index contributed by atoms with van der Waals surface area (Å²) in [5.41, 5.74) is 2.08. The zero-order valence-corrected chi connectivity index (χ0v) is 17.5. The van der Waals surface area contributed by atoms with Crippen molar-refractivity contribution in [2.75, 3.05) is 32.7 Å². The second-order valence-electron chi connectivity index (χ2n) is 6.79. The molecule has 2 aromatic rings. The van der Waals surface area contributed by atoms with Gasteiger partial charge >= 0.3 is 5.97 Å². The fraction of sp³-hybridized carbons (Fsp3) is 0.364. The van der Waals surface area contributed by atoms with Crippen LogP contribution in [0.15, 0.2) is 48.5 Å². The number of anilines is 1. The van der Waals surface area contributed by atoms with Crippen molar-refractivity contribution in [2.24, 2.45) is 0 Å². The average Bonchev–Trinajstić information content (AvgIpc) is 3.26. The summed E-state index contributed by atoms with van der Waals surface area (Å²) in [6, 6.07) is 15.0. The van der Waals surface area contributed by atoms with E-state index in [-0.39, 0.29) is 6.10 Å². The first-order valence-electron chi connectivity index (χ1n) is 9.59. The Morgan fingerprint density at radius 3 is 2.69 bits per heavy atom. The Morgan fingerprint density at radius 1 is 1.21 bits per heavy atom. The highest BCUT2D eigenvalue weighted by Crippen LogP contribution is 2.23. The van der Waals surface area contributed by atoms with E-state index in [0.717, 1.165) is 30.8 Å². The largest absolute Gasteiger partial charge is 0.496 e. The summed E-state index contributed by atoms with van der Waals surface area (Å²) in [4.78, 5) is 14.1. The maximum Gasteiger partial charge on any atom is 0.339 e. The van der Waals surface area contributed by atoms with Crippen LogP contribution >= 0.6 is 12.2 Å². The Labute approximate surface area is 176 Å². The summed E-state index contributed by atoms with van der Waals surface area (Å²) in [5, 5.41) is 3.73. The van der Waals surface area contributed by atoms with Gasteiger partial charge in [-0.2, -0.15) is 0 Å². The third kappa shape index (κ3) is 5.46. The Balaban J connectivity index is 1.82. The Hall–Kier alpha value is -2.64. The zero-order chi connectivity index (χ0) is 20.6. The van der Waals surface area contributed by atoms with Crippen LogP contribution in [0.1, 0.15) is 28.8 Å². The van der Waals surface area contributed by atoms with Crippen molar-refractivity contribution in [3.63, 3.8) is 0 Å². The van der Waals surface area contributed by atoms with Gasteiger partial charge in [0.2, 0.25) is 0 Å². The van der Waals surface area contributed by atoms with E-state index < -0.39 is 5.97 Å². The van der Waals surface area contributed by atoms with E-state index >= 15 is 0 Å². The van der Waals surface area contributed by atoms with Crippen LogP contribution in [0.2, 0.25) is 0 Å². The van der Waals surface area contributed by atoms with E-state index in [1.807, 2.05) is 36.4 Å². The second kappa shape index (κ2) is 10.2. The molecule has 1 aliphatic heterocycles. The lowest BCUT2D eigenvalue weighted by Crippen LogP contribution is -2.39. The van der Waals surface area contributed by atoms with Crippen molar-refractivity contribution >= 4 is 29.0 Å². The van der Waals surface area contributed by atoms with Gasteiger partial charge in [0.05, 0.1) is 31.6 Å². The number of carbonyl (C=O) groups excluding carboxylic acids is 1. The van der Waals surface area contributed by atoms with Gasteiger partial charge in [-0.25, -0.2) is 4.79 Å². The fourth-order valence-corrected chi connectivity index (χ4v) is 3.62. The molecule has 0 amide bonds. The van der Waals surface area contributed by atoms with Gasteiger partial charge in [-0.1, -0.05) is 30.3 Å². The van der Waals surface area contributed by atoms with Gasteiger partial charge in [0.1, 0.15) is 5.75 Å². The van der Waals surface area contributed by atoms with Crippen LogP contribution in [0.5, 0.6) is 5.75 Å². The molecule has 154 valence electrons. The molecule has 2 aromatic carbocycles. The molecule has 1 heterocycles. The van der Waals surface area contributed by atoms with Crippen molar-refractivity contribution in [3.8, 4) is 5.75 Å². The molecular weight excluding hydrogens is 388 g/mol. The molecule has 1 aliphatic rings. The van der Waals surface area contributed by atoms with Crippen molar-refractivity contribution in [3.05, 3.63) is 59.7 Å². The third-order valence-electron chi connectivity index (χ3n) is 4.86. The number of carbonyl (C=O) groups is 1. The number of methoxy groups -OCH3 is 2. The monoisotopic (exact) mass is 414 g/mol. The van der Waals surface area contributed by atoms with E-state index in [4.69, 9.17) is 26.4 Å². The molecule has 1 atom stereocenters. The Kier molecular flexibility index (Phi) is 7.43. The Morgan fingerprint density at radius 2 is 1.97 bits per heavy atom. The molecule has 0 bridgehead atoms. The molecule has 1 saturated heterocycles. The molecule has 0 unspecified atom stereocenters. The summed E-state index contributed by atoms with van der Waals surface area (Å²) in [5.74, 6) is 0.397. The molecule has 6 nitrogen and oxygen atoms in total. The number of ether oxygens (including phenoxy) is 3. The van der Waals surface area contributed by atoms with Crippen LogP contribution in [0.4, 0.5) is 5.69 Å². The highest BCUT2D eigenvalue weighted by Gasteiger charge is 2.23. The smallest absolute Gasteiger partial charge is 0.339 e. The molecule has 7 heteroatoms. The molecule has 0 saturated carbocycles. The van der Waals surface area contributed by atoms with Gasteiger partial charge in [-0.05, 0) is 43.3 Å². The normalized spacial score (nSPS) is 15.6. The molecule has 0 spiro atoms. The first-order chi connectivity index (χ1) is 14.1. The number of rotatable bonds is 7. The fourth-order valence-electron chi connectivity index (χ4n) is 3.37.